The van der Waals surface area contributed by atoms with Crippen LogP contribution in [0.4, 0.5) is 0 Å². The summed E-state index contributed by atoms with van der Waals surface area (Å²) >= 11 is 0.710. The Morgan fingerprint density at radius 3 is 2.30 bits per heavy atom. The first-order chi connectivity index (χ1) is 22.1. The van der Waals surface area contributed by atoms with Crippen LogP contribution in [-0.4, -0.2) is 24.8 Å². The van der Waals surface area contributed by atoms with Crippen molar-refractivity contribution in [2.45, 2.75) is 91.3 Å². The zero-order valence-corrected chi connectivity index (χ0v) is 34.4. The van der Waals surface area contributed by atoms with Gasteiger partial charge in [0.25, 0.3) is 0 Å². The molecule has 1 aliphatic heterocycles. The minimum atomic E-state index is -1.79. The molecule has 2 atom stereocenters. The Balaban J connectivity index is 0.000000189. The molecule has 1 fully saturated rings. The predicted octanol–water partition coefficient (Wildman–Crippen LogP) is 7.79. The zero-order valence-electron chi connectivity index (χ0n) is 29.0. The van der Waals surface area contributed by atoms with E-state index in [0.717, 1.165) is 22.2 Å². The Bertz CT molecular complexity index is 1650. The molecule has 0 saturated carbocycles. The first-order valence-corrected chi connectivity index (χ1v) is 23.2. The Labute approximate surface area is 311 Å². The Kier molecular flexibility index (Phi) is 11.7. The number of hydrogen-bond donors (Lipinski definition) is 0. The topological polar surface area (TPSA) is 3.24 Å². The van der Waals surface area contributed by atoms with Crippen molar-refractivity contribution in [1.82, 2.24) is 4.90 Å². The Morgan fingerprint density at radius 2 is 1.60 bits per heavy atom. The van der Waals surface area contributed by atoms with Crippen LogP contribution in [0, 0.1) is 17.9 Å². The molecule has 3 aliphatic rings. The van der Waals surface area contributed by atoms with E-state index < -0.39 is 13.5 Å². The van der Waals surface area contributed by atoms with Gasteiger partial charge in [0.2, 0.25) is 0 Å². The van der Waals surface area contributed by atoms with Gasteiger partial charge in [0.15, 0.2) is 0 Å². The number of benzene rings is 3. The molecule has 0 aromatic heterocycles. The van der Waals surface area contributed by atoms with Gasteiger partial charge in [-0.05, 0) is 55.9 Å². The molecule has 2 nitrogen and oxygen atoms in total. The number of fused-ring (bicyclic) bond motifs is 2. The van der Waals surface area contributed by atoms with Gasteiger partial charge < -0.3 is 4.90 Å². The van der Waals surface area contributed by atoms with E-state index in [1.807, 2.05) is 10.7 Å². The van der Waals surface area contributed by atoms with Gasteiger partial charge >= 0.3 is 154 Å². The first kappa shape index (κ1) is 37.0. The molecule has 2 unspecified atom stereocenters. The van der Waals surface area contributed by atoms with Gasteiger partial charge in [-0.25, -0.2) is 6.54 Å². The number of halogens is 3. The van der Waals surface area contributed by atoms with Gasteiger partial charge in [0.05, 0.1) is 0 Å². The van der Waals surface area contributed by atoms with Crippen LogP contribution in [0.5, 0.6) is 0 Å². The van der Waals surface area contributed by atoms with E-state index in [4.69, 9.17) is 19.4 Å². The Morgan fingerprint density at radius 1 is 0.936 bits per heavy atom. The normalized spacial score (nSPS) is 22.5. The van der Waals surface area contributed by atoms with E-state index in [-0.39, 0.29) is 16.4 Å². The van der Waals surface area contributed by atoms with Gasteiger partial charge in [-0.15, -0.1) is 5.41 Å². The number of allylic oxidation sites excluding steroid dienone is 4. The maximum absolute atomic E-state index is 6.03. The molecule has 0 bridgehead atoms. The van der Waals surface area contributed by atoms with E-state index in [0.29, 0.717) is 5.92 Å². The Hall–Kier alpha value is -1.30. The summed E-state index contributed by atoms with van der Waals surface area (Å²) in [6.45, 7) is 19.0. The van der Waals surface area contributed by atoms with Crippen LogP contribution >= 0.6 is 19.4 Å². The van der Waals surface area contributed by atoms with Gasteiger partial charge in [-0.1, -0.05) is 76.1 Å². The van der Waals surface area contributed by atoms with Crippen LogP contribution in [0.25, 0.3) is 0 Å². The SMILES string of the molecule is CC(C)C1=C(N2[CH-]C3(CCc4ccccc43)CC2(C)C)C(C)(C)CC=C1.C[N+]([I-])(Cc1ccccc1)Cc1ccccc1[CH]=[Ru]([Cl])[Cl]. The molecule has 6 rings (SSSR count). The third kappa shape index (κ3) is 8.72. The standard InChI is InChI=1S/C25H34N.C16H17IN.2ClH.Ru/c1-18(2)20-11-9-14-23(3,4)22(20)26-17-25(16-24(26,5)6)15-13-19-10-7-8-12-21(19)25;1-14-8-6-7-11-16(14)13-18(2,17)12-15-9-4-3-5-10-15;;;/h7-12,17-18H,13-16H2,1-6H3;1,3-11H,12-13H2,2H3;2*1H;/q-1;;;;+2/p-2. The van der Waals surface area contributed by atoms with Gasteiger partial charge in [-0.3, -0.25) is 0 Å². The van der Waals surface area contributed by atoms with Gasteiger partial charge in [-0.2, -0.15) is 0 Å². The van der Waals surface area contributed by atoms with E-state index in [9.17, 15) is 0 Å². The van der Waals surface area contributed by atoms with Crippen LogP contribution in [0.1, 0.15) is 88.6 Å². The van der Waals surface area contributed by atoms with Crippen molar-refractivity contribution in [2.75, 3.05) is 7.05 Å². The van der Waals surface area contributed by atoms with Crippen LogP contribution in [0.15, 0.2) is 102 Å². The van der Waals surface area contributed by atoms with Crippen molar-refractivity contribution in [3.8, 4) is 0 Å². The van der Waals surface area contributed by atoms with Crippen LogP contribution in [0.2, 0.25) is 0 Å². The van der Waals surface area contributed by atoms with E-state index in [1.165, 1.54) is 41.5 Å². The first-order valence-electron chi connectivity index (χ1n) is 16.8. The molecule has 3 aromatic rings. The minimum absolute atomic E-state index is 0.148. The third-order valence-electron chi connectivity index (χ3n) is 9.97. The summed E-state index contributed by atoms with van der Waals surface area (Å²) in [6.07, 6.45) is 9.59. The van der Waals surface area contributed by atoms with Gasteiger partial charge in [0.1, 0.15) is 0 Å². The van der Waals surface area contributed by atoms with Crippen molar-refractivity contribution in [1.29, 1.82) is 0 Å². The molecule has 6 heteroatoms. The molecule has 0 amide bonds. The van der Waals surface area contributed by atoms with Crippen LogP contribution in [-0.2, 0) is 38.4 Å². The number of nitrogens with zero attached hydrogens (tertiary/aromatic N) is 2. The van der Waals surface area contributed by atoms with Crippen molar-refractivity contribution in [3.05, 3.63) is 137 Å². The molecular weight excluding hydrogens is 819 g/mol. The van der Waals surface area contributed by atoms with Crippen molar-refractivity contribution < 1.29 is 39.1 Å². The number of likely N-dealkylation sites (tertiary alicyclic amines) is 1. The van der Waals surface area contributed by atoms with E-state index in [2.05, 4.69) is 168 Å². The average molecular weight is 871 g/mol. The molecule has 1 saturated heterocycles. The van der Waals surface area contributed by atoms with Gasteiger partial charge in [0, 0.05) is 11.0 Å². The summed E-state index contributed by atoms with van der Waals surface area (Å²) in [5.74, 6) is 0.553. The summed E-state index contributed by atoms with van der Waals surface area (Å²) in [6, 6.07) is 28.1. The zero-order chi connectivity index (χ0) is 34.0. The van der Waals surface area contributed by atoms with Crippen molar-refractivity contribution in [3.63, 3.8) is 0 Å². The summed E-state index contributed by atoms with van der Waals surface area (Å²) in [7, 11) is 14.3. The second-order valence-corrected chi connectivity index (χ2v) is 23.4. The van der Waals surface area contributed by atoms with E-state index in [1.54, 1.807) is 16.8 Å². The number of quaternary nitrogens is 1. The number of rotatable bonds is 7. The van der Waals surface area contributed by atoms with Crippen molar-refractivity contribution in [2.24, 2.45) is 11.3 Å². The van der Waals surface area contributed by atoms with Crippen LogP contribution in [0.3, 0.4) is 0 Å². The number of hydrogen-bond acceptors (Lipinski definition) is 1. The number of aryl methyl sites for hydroxylation is 1. The summed E-state index contributed by atoms with van der Waals surface area (Å²) < 4.78 is 2.89. The molecule has 47 heavy (non-hydrogen) atoms. The molecule has 255 valence electrons. The molecule has 2 aliphatic carbocycles. The fourth-order valence-electron chi connectivity index (χ4n) is 7.94. The molecule has 3 aromatic carbocycles. The monoisotopic (exact) mass is 870 g/mol. The summed E-state index contributed by atoms with van der Waals surface area (Å²) in [5, 5.41) is 0. The molecular formula is C41H51Cl2IN2Ru-. The molecule has 1 spiro atoms. The fraction of sp³-hybridized carbons (Fsp3) is 0.415. The molecule has 1 heterocycles. The summed E-state index contributed by atoms with van der Waals surface area (Å²) in [4.78, 5) is 2.69. The molecule has 1 radical (unpaired) electrons. The van der Waals surface area contributed by atoms with Crippen molar-refractivity contribution >= 4 is 24.0 Å². The third-order valence-corrected chi connectivity index (χ3v) is 12.5. The summed E-state index contributed by atoms with van der Waals surface area (Å²) in [5.41, 5.74) is 10.6. The second kappa shape index (κ2) is 14.9. The maximum atomic E-state index is 6.03. The predicted molar refractivity (Wildman–Crippen MR) is 194 cm³/mol. The quantitative estimate of drug-likeness (QED) is 0.102. The van der Waals surface area contributed by atoms with E-state index >= 15 is 0 Å². The van der Waals surface area contributed by atoms with Crippen LogP contribution < -0.4 is 22.9 Å². The fourth-order valence-corrected chi connectivity index (χ4v) is 10.6. The molecule has 0 N–H and O–H groups in total. The average Bonchev–Trinajstić information content (AvgIpc) is 3.48. The second-order valence-electron chi connectivity index (χ2n) is 15.3.